The van der Waals surface area contributed by atoms with Crippen molar-refractivity contribution >= 4 is 46.3 Å². The average molecular weight is 568 g/mol. The van der Waals surface area contributed by atoms with E-state index in [2.05, 4.69) is 15.0 Å². The molecule has 7 rings (SSSR count). The lowest BCUT2D eigenvalue weighted by atomic mass is 10.0. The summed E-state index contributed by atoms with van der Waals surface area (Å²) in [5.41, 5.74) is 4.10. The number of aromatic nitrogens is 2. The molecule has 0 bridgehead atoms. The molecule has 10 heteroatoms. The van der Waals surface area contributed by atoms with E-state index < -0.39 is 5.97 Å². The Morgan fingerprint density at radius 1 is 1.10 bits per heavy atom. The quantitative estimate of drug-likeness (QED) is 0.223. The minimum Gasteiger partial charge on any atom is -0.465 e. The second kappa shape index (κ2) is 9.84. The van der Waals surface area contributed by atoms with Crippen molar-refractivity contribution in [1.82, 2.24) is 10.1 Å². The van der Waals surface area contributed by atoms with Gasteiger partial charge in [-0.2, -0.15) is 4.98 Å². The summed E-state index contributed by atoms with van der Waals surface area (Å²) in [6.07, 6.45) is 4.30. The highest BCUT2D eigenvalue weighted by molar-refractivity contribution is 6.39. The molecule has 8 nitrogen and oxygen atoms in total. The van der Waals surface area contributed by atoms with Crippen LogP contribution < -0.4 is 4.90 Å². The molecule has 3 heterocycles. The van der Waals surface area contributed by atoms with Crippen molar-refractivity contribution in [3.05, 3.63) is 63.3 Å². The van der Waals surface area contributed by atoms with Crippen LogP contribution in [0.2, 0.25) is 10.0 Å². The van der Waals surface area contributed by atoms with E-state index in [4.69, 9.17) is 41.6 Å². The van der Waals surface area contributed by atoms with E-state index in [1.54, 1.807) is 18.2 Å². The molecule has 2 aliphatic carbocycles. The number of halogens is 2. The lowest BCUT2D eigenvalue weighted by Crippen LogP contribution is -2.23. The second-order valence-electron chi connectivity index (χ2n) is 10.7. The maximum Gasteiger partial charge on any atom is 0.337 e. The molecular weight excluding hydrogens is 541 g/mol. The van der Waals surface area contributed by atoms with Crippen molar-refractivity contribution in [3.63, 3.8) is 0 Å². The van der Waals surface area contributed by atoms with Gasteiger partial charge in [-0.15, -0.1) is 0 Å². The maximum absolute atomic E-state index is 11.9. The number of esters is 1. The Hall–Kier alpha value is -3.07. The van der Waals surface area contributed by atoms with Gasteiger partial charge in [0.1, 0.15) is 17.0 Å². The van der Waals surface area contributed by atoms with Gasteiger partial charge in [-0.25, -0.2) is 4.79 Å². The minimum atomic E-state index is -0.394. The second-order valence-corrected chi connectivity index (χ2v) is 11.6. The Labute approximate surface area is 235 Å². The van der Waals surface area contributed by atoms with Gasteiger partial charge in [0, 0.05) is 30.1 Å². The summed E-state index contributed by atoms with van der Waals surface area (Å²) < 4.78 is 23.1. The first-order valence-corrected chi connectivity index (χ1v) is 14.0. The molecule has 0 N–H and O–H groups in total. The van der Waals surface area contributed by atoms with Crippen LogP contribution in [-0.4, -0.2) is 42.4 Å². The summed E-state index contributed by atoms with van der Waals surface area (Å²) in [6.45, 7) is 2.15. The van der Waals surface area contributed by atoms with E-state index in [9.17, 15) is 4.79 Å². The van der Waals surface area contributed by atoms with E-state index in [0.717, 1.165) is 55.6 Å². The van der Waals surface area contributed by atoms with Gasteiger partial charge in [-0.3, -0.25) is 0 Å². The third kappa shape index (κ3) is 4.58. The van der Waals surface area contributed by atoms with Crippen LogP contribution in [0.5, 0.6) is 0 Å². The maximum atomic E-state index is 11.9. The van der Waals surface area contributed by atoms with Crippen molar-refractivity contribution in [1.29, 1.82) is 0 Å². The standard InChI is InChI=1S/C29H27Cl2N3O5/c1-36-28(35)16-7-8-23-24(11-16)38-29(32-23)34-12-17-9-19(10-18(17)13-34)37-14-20-26(33-39-27(20)15-5-6-15)25-21(30)3-2-4-22(25)31/h2-4,7-8,11,15,17-19H,5-6,9-10,12-14H2,1H3/t17-,18?,19+/m0/s1. The third-order valence-corrected chi connectivity index (χ3v) is 8.84. The fourth-order valence-corrected chi connectivity index (χ4v) is 6.66. The number of hydrogen-bond acceptors (Lipinski definition) is 8. The third-order valence-electron chi connectivity index (χ3n) is 8.21. The molecular formula is C29H27Cl2N3O5. The van der Waals surface area contributed by atoms with Gasteiger partial charge in [0.2, 0.25) is 0 Å². The van der Waals surface area contributed by atoms with Crippen molar-refractivity contribution < 1.29 is 23.2 Å². The molecule has 202 valence electrons. The fraction of sp³-hybridized carbons (Fsp3) is 0.414. The molecule has 2 aromatic carbocycles. The fourth-order valence-electron chi connectivity index (χ4n) is 6.08. The number of fused-ring (bicyclic) bond motifs is 2. The summed E-state index contributed by atoms with van der Waals surface area (Å²) in [6, 6.07) is 11.2. The molecule has 0 spiro atoms. The van der Waals surface area contributed by atoms with Crippen LogP contribution in [-0.2, 0) is 16.1 Å². The van der Waals surface area contributed by atoms with Gasteiger partial charge in [0.05, 0.1) is 35.4 Å². The molecule has 0 radical (unpaired) electrons. The summed E-state index contributed by atoms with van der Waals surface area (Å²) in [7, 11) is 1.36. The van der Waals surface area contributed by atoms with Crippen LogP contribution in [0.1, 0.15) is 53.3 Å². The molecule has 3 fully saturated rings. The van der Waals surface area contributed by atoms with Crippen molar-refractivity contribution in [2.45, 2.75) is 44.3 Å². The number of nitrogens with zero attached hydrogens (tertiary/aromatic N) is 3. The Bertz CT molecular complexity index is 1530. The topological polar surface area (TPSA) is 90.8 Å². The number of carbonyl (C=O) groups is 1. The predicted octanol–water partition coefficient (Wildman–Crippen LogP) is 6.89. The molecule has 1 unspecified atom stereocenters. The molecule has 3 aliphatic rings. The van der Waals surface area contributed by atoms with E-state index >= 15 is 0 Å². The van der Waals surface area contributed by atoms with Crippen molar-refractivity contribution in [3.8, 4) is 11.3 Å². The zero-order valence-electron chi connectivity index (χ0n) is 21.4. The molecule has 4 aromatic rings. The van der Waals surface area contributed by atoms with Gasteiger partial charge in [0.15, 0.2) is 5.58 Å². The minimum absolute atomic E-state index is 0.157. The monoisotopic (exact) mass is 567 g/mol. The van der Waals surface area contributed by atoms with E-state index in [0.29, 0.717) is 62.8 Å². The van der Waals surface area contributed by atoms with Crippen molar-refractivity contribution in [2.24, 2.45) is 11.8 Å². The van der Waals surface area contributed by atoms with Gasteiger partial charge < -0.3 is 23.3 Å². The van der Waals surface area contributed by atoms with E-state index in [1.165, 1.54) is 7.11 Å². The smallest absolute Gasteiger partial charge is 0.337 e. The average Bonchev–Trinajstić information content (AvgIpc) is 3.24. The number of oxazole rings is 1. The summed E-state index contributed by atoms with van der Waals surface area (Å²) in [5, 5.41) is 5.48. The predicted molar refractivity (Wildman–Crippen MR) is 146 cm³/mol. The Balaban J connectivity index is 1.03. The molecule has 3 atom stereocenters. The highest BCUT2D eigenvalue weighted by atomic mass is 35.5. The number of anilines is 1. The number of carbonyl (C=O) groups excluding carboxylic acids is 1. The van der Waals surface area contributed by atoms with Gasteiger partial charge in [-0.05, 0) is 67.9 Å². The summed E-state index contributed by atoms with van der Waals surface area (Å²) in [5.74, 6) is 1.89. The van der Waals surface area contributed by atoms with Crippen LogP contribution in [0, 0.1) is 11.8 Å². The molecule has 1 saturated heterocycles. The zero-order valence-corrected chi connectivity index (χ0v) is 22.9. The van der Waals surface area contributed by atoms with Crippen LogP contribution in [0.4, 0.5) is 6.01 Å². The SMILES string of the molecule is COC(=O)c1ccc2nc(N3CC4C[C@H](OCc5c(-c6c(Cl)cccc6Cl)noc5C5CC5)C[C@H]4C3)oc2c1. The number of rotatable bonds is 7. The van der Waals surface area contributed by atoms with Crippen LogP contribution >= 0.6 is 23.2 Å². The molecule has 1 aliphatic heterocycles. The lowest BCUT2D eigenvalue weighted by Gasteiger charge is -2.18. The Kier molecular flexibility index (Phi) is 6.29. The van der Waals surface area contributed by atoms with Crippen LogP contribution in [0.25, 0.3) is 22.4 Å². The first-order chi connectivity index (χ1) is 19.0. The van der Waals surface area contributed by atoms with Gasteiger partial charge in [0.25, 0.3) is 6.01 Å². The van der Waals surface area contributed by atoms with Gasteiger partial charge in [-0.1, -0.05) is 34.4 Å². The van der Waals surface area contributed by atoms with Crippen molar-refractivity contribution in [2.75, 3.05) is 25.1 Å². The van der Waals surface area contributed by atoms with E-state index in [-0.39, 0.29) is 6.10 Å². The number of benzene rings is 2. The normalized spacial score (nSPS) is 22.5. The molecule has 39 heavy (non-hydrogen) atoms. The largest absolute Gasteiger partial charge is 0.465 e. The van der Waals surface area contributed by atoms with Crippen LogP contribution in [0.15, 0.2) is 45.3 Å². The Morgan fingerprint density at radius 2 is 1.85 bits per heavy atom. The number of ether oxygens (including phenoxy) is 2. The van der Waals surface area contributed by atoms with E-state index in [1.807, 2.05) is 18.2 Å². The first-order valence-electron chi connectivity index (χ1n) is 13.3. The summed E-state index contributed by atoms with van der Waals surface area (Å²) in [4.78, 5) is 18.7. The number of methoxy groups -OCH3 is 1. The highest BCUT2D eigenvalue weighted by Gasteiger charge is 2.43. The van der Waals surface area contributed by atoms with Gasteiger partial charge >= 0.3 is 5.97 Å². The Morgan fingerprint density at radius 3 is 2.54 bits per heavy atom. The molecule has 0 amide bonds. The molecule has 2 aromatic heterocycles. The first kappa shape index (κ1) is 24.9. The number of hydrogen-bond donors (Lipinski definition) is 0. The lowest BCUT2D eigenvalue weighted by molar-refractivity contribution is 0.0402. The highest BCUT2D eigenvalue weighted by Crippen LogP contribution is 2.47. The summed E-state index contributed by atoms with van der Waals surface area (Å²) >= 11 is 13.0. The van der Waals surface area contributed by atoms with Crippen LogP contribution in [0.3, 0.4) is 0 Å². The zero-order chi connectivity index (χ0) is 26.7. The molecule has 2 saturated carbocycles.